The summed E-state index contributed by atoms with van der Waals surface area (Å²) in [6.07, 6.45) is 0.835. The van der Waals surface area contributed by atoms with Gasteiger partial charge in [-0.2, -0.15) is 0 Å². The van der Waals surface area contributed by atoms with E-state index in [-0.39, 0.29) is 12.0 Å². The molecule has 0 amide bonds. The number of esters is 1. The molecule has 0 spiro atoms. The van der Waals surface area contributed by atoms with Gasteiger partial charge in [0.2, 0.25) is 0 Å². The molecule has 146 valence electrons. The first-order chi connectivity index (χ1) is 13.1. The molecule has 2 N–H and O–H groups in total. The largest absolute Gasteiger partial charge is 0.492 e. The molecular formula is C22H30N2O3. The van der Waals surface area contributed by atoms with Gasteiger partial charge in [-0.05, 0) is 50.2 Å². The van der Waals surface area contributed by atoms with Gasteiger partial charge in [0, 0.05) is 6.04 Å². The zero-order valence-electron chi connectivity index (χ0n) is 16.5. The van der Waals surface area contributed by atoms with Crippen molar-refractivity contribution in [3.05, 3.63) is 59.7 Å². The van der Waals surface area contributed by atoms with E-state index in [1.165, 1.54) is 5.56 Å². The molecule has 1 atom stereocenters. The lowest BCUT2D eigenvalue weighted by Gasteiger charge is -2.29. The van der Waals surface area contributed by atoms with Gasteiger partial charge in [-0.15, -0.1) is 0 Å². The first kappa shape index (κ1) is 20.8. The second kappa shape index (κ2) is 10.6. The standard InChI is InChI=1S/C22H30N2O3/c1-4-24(5-2)19(14-17-10-8-7-9-11-17)16-27-22(25)18-12-13-20(23)21(15-18)26-6-3/h7-13,15,19H,4-6,14,16,23H2,1-3H3/t19-/m0/s1. The lowest BCUT2D eigenvalue weighted by Crippen LogP contribution is -2.40. The molecule has 0 saturated carbocycles. The Morgan fingerprint density at radius 1 is 1.07 bits per heavy atom. The Hall–Kier alpha value is -2.53. The minimum Gasteiger partial charge on any atom is -0.492 e. The normalized spacial score (nSPS) is 12.0. The Labute approximate surface area is 162 Å². The van der Waals surface area contributed by atoms with E-state index in [0.717, 1.165) is 19.5 Å². The summed E-state index contributed by atoms with van der Waals surface area (Å²) in [7, 11) is 0. The highest BCUT2D eigenvalue weighted by molar-refractivity contribution is 5.90. The lowest BCUT2D eigenvalue weighted by atomic mass is 10.1. The maximum absolute atomic E-state index is 12.5. The molecule has 0 fully saturated rings. The van der Waals surface area contributed by atoms with Crippen LogP contribution in [-0.2, 0) is 11.2 Å². The van der Waals surface area contributed by atoms with Crippen LogP contribution in [0.15, 0.2) is 48.5 Å². The number of nitrogens with zero attached hydrogens (tertiary/aromatic N) is 1. The van der Waals surface area contributed by atoms with Crippen LogP contribution < -0.4 is 10.5 Å². The summed E-state index contributed by atoms with van der Waals surface area (Å²) >= 11 is 0. The van der Waals surface area contributed by atoms with Crippen LogP contribution in [-0.4, -0.2) is 43.2 Å². The molecule has 5 nitrogen and oxygen atoms in total. The van der Waals surface area contributed by atoms with Gasteiger partial charge in [-0.1, -0.05) is 44.2 Å². The molecule has 0 aliphatic heterocycles. The highest BCUT2D eigenvalue weighted by atomic mass is 16.5. The molecule has 0 saturated heterocycles. The summed E-state index contributed by atoms with van der Waals surface area (Å²) in [6, 6.07) is 15.4. The monoisotopic (exact) mass is 370 g/mol. The number of nitrogen functional groups attached to an aromatic ring is 1. The zero-order chi connectivity index (χ0) is 19.6. The van der Waals surface area contributed by atoms with Crippen molar-refractivity contribution in [3.8, 4) is 5.75 Å². The molecule has 27 heavy (non-hydrogen) atoms. The molecule has 0 aliphatic rings. The minimum absolute atomic E-state index is 0.131. The SMILES string of the molecule is CCOc1cc(C(=O)OC[C@H](Cc2ccccc2)N(CC)CC)ccc1N. The van der Waals surface area contributed by atoms with Crippen molar-refractivity contribution in [3.63, 3.8) is 0 Å². The summed E-state index contributed by atoms with van der Waals surface area (Å²) in [5.74, 6) is 0.151. The van der Waals surface area contributed by atoms with Gasteiger partial charge in [0.25, 0.3) is 0 Å². The van der Waals surface area contributed by atoms with E-state index in [9.17, 15) is 4.79 Å². The molecule has 2 rings (SSSR count). The lowest BCUT2D eigenvalue weighted by molar-refractivity contribution is 0.0359. The quantitative estimate of drug-likeness (QED) is 0.509. The number of anilines is 1. The summed E-state index contributed by atoms with van der Waals surface area (Å²) in [6.45, 7) is 8.76. The molecule has 0 bridgehead atoms. The topological polar surface area (TPSA) is 64.8 Å². The van der Waals surface area contributed by atoms with Crippen LogP contribution in [0.2, 0.25) is 0 Å². The van der Waals surface area contributed by atoms with Crippen LogP contribution >= 0.6 is 0 Å². The average molecular weight is 370 g/mol. The number of carbonyl (C=O) groups excluding carboxylic acids is 1. The molecule has 0 aliphatic carbocycles. The van der Waals surface area contributed by atoms with E-state index in [1.54, 1.807) is 18.2 Å². The smallest absolute Gasteiger partial charge is 0.338 e. The summed E-state index contributed by atoms with van der Waals surface area (Å²) in [4.78, 5) is 14.8. The fourth-order valence-corrected chi connectivity index (χ4v) is 3.12. The number of hydrogen-bond donors (Lipinski definition) is 1. The predicted octanol–water partition coefficient (Wildman–Crippen LogP) is 3.78. The predicted molar refractivity (Wildman–Crippen MR) is 109 cm³/mol. The third-order valence-corrected chi connectivity index (χ3v) is 4.60. The van der Waals surface area contributed by atoms with Gasteiger partial charge in [-0.3, -0.25) is 4.90 Å². The van der Waals surface area contributed by atoms with Gasteiger partial charge in [-0.25, -0.2) is 4.79 Å². The number of likely N-dealkylation sites (N-methyl/N-ethyl adjacent to an activating group) is 1. The Balaban J connectivity index is 2.07. The van der Waals surface area contributed by atoms with Gasteiger partial charge in [0.15, 0.2) is 0 Å². The minimum atomic E-state index is -0.360. The van der Waals surface area contributed by atoms with Crippen molar-refractivity contribution in [1.82, 2.24) is 4.90 Å². The molecule has 5 heteroatoms. The summed E-state index contributed by atoms with van der Waals surface area (Å²) in [5, 5.41) is 0. The van der Waals surface area contributed by atoms with Crippen molar-refractivity contribution in [1.29, 1.82) is 0 Å². The second-order valence-corrected chi connectivity index (χ2v) is 6.35. The second-order valence-electron chi connectivity index (χ2n) is 6.35. The molecular weight excluding hydrogens is 340 g/mol. The van der Waals surface area contributed by atoms with Crippen molar-refractivity contribution >= 4 is 11.7 Å². The molecule has 0 unspecified atom stereocenters. The maximum Gasteiger partial charge on any atom is 0.338 e. The van der Waals surface area contributed by atoms with Gasteiger partial charge >= 0.3 is 5.97 Å². The Bertz CT molecular complexity index is 715. The van der Waals surface area contributed by atoms with Crippen LogP contribution in [0.4, 0.5) is 5.69 Å². The first-order valence-electron chi connectivity index (χ1n) is 9.56. The van der Waals surface area contributed by atoms with E-state index in [2.05, 4.69) is 30.9 Å². The number of benzene rings is 2. The van der Waals surface area contributed by atoms with Crippen LogP contribution in [0.5, 0.6) is 5.75 Å². The third kappa shape index (κ3) is 6.00. The van der Waals surface area contributed by atoms with Crippen LogP contribution in [0, 0.1) is 0 Å². The highest BCUT2D eigenvalue weighted by Crippen LogP contribution is 2.23. The van der Waals surface area contributed by atoms with Gasteiger partial charge < -0.3 is 15.2 Å². The van der Waals surface area contributed by atoms with Crippen molar-refractivity contribution in [2.45, 2.75) is 33.2 Å². The fourth-order valence-electron chi connectivity index (χ4n) is 3.12. The summed E-state index contributed by atoms with van der Waals surface area (Å²) in [5.41, 5.74) is 8.07. The van der Waals surface area contributed by atoms with Crippen molar-refractivity contribution < 1.29 is 14.3 Å². The Kier molecular flexibility index (Phi) is 8.14. The van der Waals surface area contributed by atoms with Crippen molar-refractivity contribution in [2.75, 3.05) is 32.0 Å². The van der Waals surface area contributed by atoms with Crippen LogP contribution in [0.3, 0.4) is 0 Å². The number of hydrogen-bond acceptors (Lipinski definition) is 5. The van der Waals surface area contributed by atoms with E-state index < -0.39 is 0 Å². The van der Waals surface area contributed by atoms with Crippen molar-refractivity contribution in [2.24, 2.45) is 0 Å². The summed E-state index contributed by atoms with van der Waals surface area (Å²) < 4.78 is 11.1. The van der Waals surface area contributed by atoms with E-state index in [1.807, 2.05) is 25.1 Å². The number of rotatable bonds is 10. The highest BCUT2D eigenvalue weighted by Gasteiger charge is 2.19. The number of ether oxygens (including phenoxy) is 2. The first-order valence-corrected chi connectivity index (χ1v) is 9.56. The molecule has 0 heterocycles. The maximum atomic E-state index is 12.5. The van der Waals surface area contributed by atoms with Gasteiger partial charge in [0.1, 0.15) is 12.4 Å². The molecule has 0 aromatic heterocycles. The fraction of sp³-hybridized carbons (Fsp3) is 0.409. The zero-order valence-corrected chi connectivity index (χ0v) is 16.5. The molecule has 2 aromatic rings. The van der Waals surface area contributed by atoms with E-state index >= 15 is 0 Å². The molecule has 0 radical (unpaired) electrons. The number of carbonyl (C=O) groups is 1. The Morgan fingerprint density at radius 2 is 1.78 bits per heavy atom. The van der Waals surface area contributed by atoms with Crippen LogP contribution in [0.1, 0.15) is 36.7 Å². The Morgan fingerprint density at radius 3 is 2.41 bits per heavy atom. The van der Waals surface area contributed by atoms with E-state index in [4.69, 9.17) is 15.2 Å². The molecule has 2 aromatic carbocycles. The average Bonchev–Trinajstić information content (AvgIpc) is 2.69. The number of nitrogens with two attached hydrogens (primary N) is 1. The van der Waals surface area contributed by atoms with E-state index in [0.29, 0.717) is 30.2 Å². The van der Waals surface area contributed by atoms with Crippen LogP contribution in [0.25, 0.3) is 0 Å². The third-order valence-electron chi connectivity index (χ3n) is 4.60. The van der Waals surface area contributed by atoms with Gasteiger partial charge in [0.05, 0.1) is 17.9 Å².